The standard InChI is InChI=1S/C26H30FN3O3/c1-28-15-8-12-22(28)19-30(18-21-10-4-3-5-11-21)25(31)20-29(16-9-17-33-2)26(32)23-13-6-7-14-24(23)27/h3-8,10-15H,9,16-20H2,1-2H3. The van der Waals surface area contributed by atoms with E-state index in [2.05, 4.69) is 0 Å². The van der Waals surface area contributed by atoms with Gasteiger partial charge in [-0.25, -0.2) is 4.39 Å². The summed E-state index contributed by atoms with van der Waals surface area (Å²) in [6.45, 7) is 1.39. The lowest BCUT2D eigenvalue weighted by Crippen LogP contribution is -2.43. The monoisotopic (exact) mass is 451 g/mol. The Morgan fingerprint density at radius 3 is 2.33 bits per heavy atom. The number of hydrogen-bond donors (Lipinski definition) is 0. The maximum absolute atomic E-state index is 14.3. The minimum atomic E-state index is -0.600. The van der Waals surface area contributed by atoms with Crippen LogP contribution in [0.5, 0.6) is 0 Å². The predicted octanol–water partition coefficient (Wildman–Crippen LogP) is 3.87. The molecule has 0 aliphatic carbocycles. The lowest BCUT2D eigenvalue weighted by molar-refractivity contribution is -0.133. The maximum Gasteiger partial charge on any atom is 0.257 e. The number of nitrogens with zero attached hydrogens (tertiary/aromatic N) is 3. The zero-order valence-electron chi connectivity index (χ0n) is 19.1. The molecule has 33 heavy (non-hydrogen) atoms. The van der Waals surface area contributed by atoms with Gasteiger partial charge < -0.3 is 19.1 Å². The molecule has 0 saturated heterocycles. The summed E-state index contributed by atoms with van der Waals surface area (Å²) in [6.07, 6.45) is 2.47. The van der Waals surface area contributed by atoms with Crippen LogP contribution < -0.4 is 0 Å². The van der Waals surface area contributed by atoms with Gasteiger partial charge in [-0.15, -0.1) is 0 Å². The Morgan fingerprint density at radius 1 is 0.939 bits per heavy atom. The Labute approximate surface area is 194 Å². The Kier molecular flexibility index (Phi) is 8.78. The lowest BCUT2D eigenvalue weighted by atomic mass is 10.1. The van der Waals surface area contributed by atoms with E-state index in [4.69, 9.17) is 4.74 Å². The van der Waals surface area contributed by atoms with Crippen molar-refractivity contribution in [3.63, 3.8) is 0 Å². The van der Waals surface area contributed by atoms with Gasteiger partial charge in [0.15, 0.2) is 0 Å². The molecule has 3 rings (SSSR count). The zero-order chi connectivity index (χ0) is 23.6. The van der Waals surface area contributed by atoms with Crippen molar-refractivity contribution in [2.75, 3.05) is 26.8 Å². The van der Waals surface area contributed by atoms with Gasteiger partial charge in [-0.2, -0.15) is 0 Å². The number of carbonyl (C=O) groups is 2. The molecule has 0 atom stereocenters. The third kappa shape index (κ3) is 6.76. The van der Waals surface area contributed by atoms with Crippen molar-refractivity contribution in [2.24, 2.45) is 7.05 Å². The van der Waals surface area contributed by atoms with Gasteiger partial charge in [0.25, 0.3) is 5.91 Å². The van der Waals surface area contributed by atoms with Crippen LogP contribution in [-0.2, 0) is 29.7 Å². The van der Waals surface area contributed by atoms with Crippen LogP contribution in [0.15, 0.2) is 72.9 Å². The maximum atomic E-state index is 14.3. The number of rotatable bonds is 11. The quantitative estimate of drug-likeness (QED) is 0.416. The van der Waals surface area contributed by atoms with Crippen LogP contribution in [0.4, 0.5) is 4.39 Å². The third-order valence-electron chi connectivity index (χ3n) is 5.47. The lowest BCUT2D eigenvalue weighted by Gasteiger charge is -2.28. The minimum Gasteiger partial charge on any atom is -0.385 e. The molecule has 0 aliphatic heterocycles. The summed E-state index contributed by atoms with van der Waals surface area (Å²) in [6, 6.07) is 19.5. The van der Waals surface area contributed by atoms with E-state index in [0.717, 1.165) is 11.3 Å². The fourth-order valence-electron chi connectivity index (χ4n) is 3.61. The second-order valence-corrected chi connectivity index (χ2v) is 7.90. The van der Waals surface area contributed by atoms with Crippen molar-refractivity contribution in [1.29, 1.82) is 0 Å². The van der Waals surface area contributed by atoms with Crippen LogP contribution >= 0.6 is 0 Å². The average molecular weight is 452 g/mol. The Morgan fingerprint density at radius 2 is 1.67 bits per heavy atom. The van der Waals surface area contributed by atoms with Crippen LogP contribution in [0.2, 0.25) is 0 Å². The molecule has 1 heterocycles. The summed E-state index contributed by atoms with van der Waals surface area (Å²) in [5, 5.41) is 0. The largest absolute Gasteiger partial charge is 0.385 e. The van der Waals surface area contributed by atoms with Crippen LogP contribution in [0.1, 0.15) is 28.0 Å². The molecule has 0 aliphatic rings. The van der Waals surface area contributed by atoms with E-state index in [-0.39, 0.29) is 24.6 Å². The number of hydrogen-bond acceptors (Lipinski definition) is 3. The van der Waals surface area contributed by atoms with Gasteiger partial charge in [0.05, 0.1) is 12.1 Å². The van der Waals surface area contributed by atoms with Gasteiger partial charge in [-0.3, -0.25) is 9.59 Å². The van der Waals surface area contributed by atoms with E-state index < -0.39 is 11.7 Å². The highest BCUT2D eigenvalue weighted by atomic mass is 19.1. The molecule has 6 nitrogen and oxygen atoms in total. The third-order valence-corrected chi connectivity index (χ3v) is 5.47. The van der Waals surface area contributed by atoms with Crippen LogP contribution in [0, 0.1) is 5.82 Å². The Balaban J connectivity index is 1.82. The molecule has 7 heteroatoms. The Hall–Kier alpha value is -3.45. The number of benzene rings is 2. The number of halogens is 1. The fourth-order valence-corrected chi connectivity index (χ4v) is 3.61. The molecule has 0 unspecified atom stereocenters. The van der Waals surface area contributed by atoms with E-state index in [1.807, 2.05) is 60.3 Å². The molecule has 2 amide bonds. The first-order chi connectivity index (χ1) is 16.0. The van der Waals surface area contributed by atoms with Gasteiger partial charge in [0.2, 0.25) is 5.91 Å². The highest BCUT2D eigenvalue weighted by molar-refractivity contribution is 5.96. The second kappa shape index (κ2) is 12.0. The molecule has 3 aromatic rings. The highest BCUT2D eigenvalue weighted by Crippen LogP contribution is 2.14. The van der Waals surface area contributed by atoms with E-state index in [9.17, 15) is 14.0 Å². The van der Waals surface area contributed by atoms with Crippen molar-refractivity contribution in [3.05, 3.63) is 95.6 Å². The van der Waals surface area contributed by atoms with Gasteiger partial charge in [-0.1, -0.05) is 42.5 Å². The van der Waals surface area contributed by atoms with Crippen molar-refractivity contribution in [1.82, 2.24) is 14.4 Å². The molecule has 0 radical (unpaired) electrons. The topological polar surface area (TPSA) is 54.8 Å². The Bertz CT molecular complexity index is 1050. The van der Waals surface area contributed by atoms with Gasteiger partial charge >= 0.3 is 0 Å². The van der Waals surface area contributed by atoms with Crippen molar-refractivity contribution in [2.45, 2.75) is 19.5 Å². The molecular formula is C26H30FN3O3. The molecule has 0 saturated carbocycles. The van der Waals surface area contributed by atoms with Crippen molar-refractivity contribution in [3.8, 4) is 0 Å². The number of aromatic nitrogens is 1. The fraction of sp³-hybridized carbons (Fsp3) is 0.308. The molecule has 0 spiro atoms. The first-order valence-corrected chi connectivity index (χ1v) is 10.9. The van der Waals surface area contributed by atoms with Crippen molar-refractivity contribution < 1.29 is 18.7 Å². The SMILES string of the molecule is COCCCN(CC(=O)N(Cc1ccccc1)Cc1cccn1C)C(=O)c1ccccc1F. The predicted molar refractivity (Wildman–Crippen MR) is 125 cm³/mol. The molecular weight excluding hydrogens is 421 g/mol. The summed E-state index contributed by atoms with van der Waals surface area (Å²) in [4.78, 5) is 29.7. The van der Waals surface area contributed by atoms with Crippen LogP contribution in [-0.4, -0.2) is 53.0 Å². The summed E-state index contributed by atoms with van der Waals surface area (Å²) in [7, 11) is 3.51. The van der Waals surface area contributed by atoms with Crippen LogP contribution in [0.3, 0.4) is 0 Å². The smallest absolute Gasteiger partial charge is 0.257 e. The summed E-state index contributed by atoms with van der Waals surface area (Å²) < 4.78 is 21.4. The zero-order valence-corrected chi connectivity index (χ0v) is 19.1. The summed E-state index contributed by atoms with van der Waals surface area (Å²) >= 11 is 0. The first-order valence-electron chi connectivity index (χ1n) is 10.9. The normalized spacial score (nSPS) is 10.8. The average Bonchev–Trinajstić information content (AvgIpc) is 3.23. The number of amides is 2. The minimum absolute atomic E-state index is 0.0419. The van der Waals surface area contributed by atoms with E-state index in [1.54, 1.807) is 18.1 Å². The van der Waals surface area contributed by atoms with E-state index >= 15 is 0 Å². The van der Waals surface area contributed by atoms with E-state index in [0.29, 0.717) is 26.1 Å². The molecule has 2 aromatic carbocycles. The van der Waals surface area contributed by atoms with Gasteiger partial charge in [0, 0.05) is 45.7 Å². The number of aryl methyl sites for hydroxylation is 1. The second-order valence-electron chi connectivity index (χ2n) is 7.90. The van der Waals surface area contributed by atoms with Crippen LogP contribution in [0.25, 0.3) is 0 Å². The summed E-state index contributed by atoms with van der Waals surface area (Å²) in [5.74, 6) is -1.31. The molecule has 174 valence electrons. The molecule has 0 N–H and O–H groups in total. The number of carbonyl (C=O) groups excluding carboxylic acids is 2. The van der Waals surface area contributed by atoms with Gasteiger partial charge in [0.1, 0.15) is 12.4 Å². The summed E-state index contributed by atoms with van der Waals surface area (Å²) in [5.41, 5.74) is 1.93. The molecule has 0 fully saturated rings. The number of ether oxygens (including phenoxy) is 1. The van der Waals surface area contributed by atoms with E-state index in [1.165, 1.54) is 23.1 Å². The van der Waals surface area contributed by atoms with Gasteiger partial charge in [-0.05, 0) is 36.2 Å². The molecule has 0 bridgehead atoms. The number of methoxy groups -OCH3 is 1. The first kappa shape index (κ1) is 24.2. The molecule has 1 aromatic heterocycles. The van der Waals surface area contributed by atoms with Crippen molar-refractivity contribution >= 4 is 11.8 Å². The highest BCUT2D eigenvalue weighted by Gasteiger charge is 2.24.